The molecule has 1 aliphatic heterocycles. The molecule has 2 atom stereocenters. The summed E-state index contributed by atoms with van der Waals surface area (Å²) in [5.41, 5.74) is -0.512. The van der Waals surface area contributed by atoms with Gasteiger partial charge in [-0.2, -0.15) is 0 Å². The molecule has 2 aromatic carbocycles. The zero-order chi connectivity index (χ0) is 26.6. The molecule has 3 rings (SSSR count). The summed E-state index contributed by atoms with van der Waals surface area (Å²) in [7, 11) is -2.65. The van der Waals surface area contributed by atoms with Crippen LogP contribution in [0.1, 0.15) is 68.2 Å². The predicted octanol–water partition coefficient (Wildman–Crippen LogP) is 5.45. The highest BCUT2D eigenvalue weighted by Crippen LogP contribution is 2.38. The van der Waals surface area contributed by atoms with Crippen molar-refractivity contribution in [2.45, 2.75) is 91.3 Å². The van der Waals surface area contributed by atoms with E-state index in [2.05, 4.69) is 81.4 Å². The van der Waals surface area contributed by atoms with E-state index in [0.717, 1.165) is 0 Å². The minimum absolute atomic E-state index is 0.0747. The van der Waals surface area contributed by atoms with Crippen LogP contribution in [0, 0.1) is 5.41 Å². The third-order valence-corrected chi connectivity index (χ3v) is 11.6. The molecule has 1 saturated heterocycles. The van der Waals surface area contributed by atoms with Crippen molar-refractivity contribution in [3.63, 3.8) is 0 Å². The van der Waals surface area contributed by atoms with Crippen molar-refractivity contribution in [1.29, 1.82) is 0 Å². The molecule has 5 nitrogen and oxygen atoms in total. The number of hydrogen-bond donors (Lipinski definition) is 0. The number of ether oxygens (including phenoxy) is 3. The van der Waals surface area contributed by atoms with Crippen LogP contribution in [0.25, 0.3) is 0 Å². The van der Waals surface area contributed by atoms with Gasteiger partial charge in [0.2, 0.25) is 0 Å². The van der Waals surface area contributed by atoms with Crippen molar-refractivity contribution in [2.75, 3.05) is 13.2 Å². The fourth-order valence-corrected chi connectivity index (χ4v) is 9.57. The van der Waals surface area contributed by atoms with Crippen LogP contribution >= 0.6 is 0 Å². The average Bonchev–Trinajstić information content (AvgIpc) is 2.78. The lowest BCUT2D eigenvalue weighted by Gasteiger charge is -2.46. The van der Waals surface area contributed by atoms with E-state index in [0.29, 0.717) is 26.1 Å². The second-order valence-corrected chi connectivity index (χ2v) is 16.6. The zero-order valence-electron chi connectivity index (χ0n) is 23.3. The Balaban J connectivity index is 1.80. The van der Waals surface area contributed by atoms with E-state index >= 15 is 0 Å². The van der Waals surface area contributed by atoms with Crippen LogP contribution in [-0.4, -0.2) is 45.5 Å². The normalized spacial score (nSPS) is 20.7. The molecule has 0 aliphatic carbocycles. The maximum Gasteiger partial charge on any atom is 0.311 e. The molecule has 198 valence electrons. The number of benzene rings is 2. The maximum atomic E-state index is 12.2. The summed E-state index contributed by atoms with van der Waals surface area (Å²) in [6.07, 6.45) is 1.12. The molecule has 0 bridgehead atoms. The van der Waals surface area contributed by atoms with Crippen LogP contribution in [0.3, 0.4) is 0 Å². The molecule has 1 fully saturated rings. The van der Waals surface area contributed by atoms with E-state index in [1.807, 2.05) is 34.6 Å². The van der Waals surface area contributed by atoms with E-state index < -0.39 is 19.5 Å². The summed E-state index contributed by atoms with van der Waals surface area (Å²) >= 11 is 0. The summed E-state index contributed by atoms with van der Waals surface area (Å²) in [6, 6.07) is 21.3. The predicted molar refractivity (Wildman–Crippen MR) is 147 cm³/mol. The van der Waals surface area contributed by atoms with Crippen LogP contribution in [0.2, 0.25) is 5.04 Å². The molecule has 0 unspecified atom stereocenters. The smallest absolute Gasteiger partial charge is 0.311 e. The van der Waals surface area contributed by atoms with Gasteiger partial charge < -0.3 is 18.6 Å². The molecule has 0 amide bonds. The largest absolute Gasteiger partial charge is 0.465 e. The number of carbonyl (C=O) groups excluding carboxylic acids is 1. The topological polar surface area (TPSA) is 54.0 Å². The van der Waals surface area contributed by atoms with Crippen molar-refractivity contribution in [1.82, 2.24) is 0 Å². The first kappa shape index (κ1) is 28.6. The van der Waals surface area contributed by atoms with Gasteiger partial charge in [-0.1, -0.05) is 81.4 Å². The van der Waals surface area contributed by atoms with Crippen molar-refractivity contribution in [3.05, 3.63) is 60.7 Å². The summed E-state index contributed by atoms with van der Waals surface area (Å²) in [4.78, 5) is 12.2. The van der Waals surface area contributed by atoms with Crippen molar-refractivity contribution < 1.29 is 23.4 Å². The van der Waals surface area contributed by atoms with E-state index in [1.165, 1.54) is 10.4 Å². The molecule has 1 aliphatic rings. The quantitative estimate of drug-likeness (QED) is 0.348. The Labute approximate surface area is 218 Å². The lowest BCUT2D eigenvalue weighted by Crippen LogP contribution is -2.67. The maximum absolute atomic E-state index is 12.2. The Kier molecular flexibility index (Phi) is 8.87. The van der Waals surface area contributed by atoms with E-state index in [9.17, 15) is 4.79 Å². The molecule has 1 heterocycles. The van der Waals surface area contributed by atoms with Crippen molar-refractivity contribution >= 4 is 24.7 Å². The molecule has 0 radical (unpaired) electrons. The number of carbonyl (C=O) groups is 1. The van der Waals surface area contributed by atoms with Crippen LogP contribution in [-0.2, 0) is 23.4 Å². The summed E-state index contributed by atoms with van der Waals surface area (Å²) in [5.74, 6) is -0.934. The lowest BCUT2D eigenvalue weighted by atomic mass is 9.97. The Morgan fingerprint density at radius 3 is 1.86 bits per heavy atom. The first-order valence-electron chi connectivity index (χ1n) is 13.0. The zero-order valence-corrected chi connectivity index (χ0v) is 24.3. The second-order valence-electron chi connectivity index (χ2n) is 12.3. The highest BCUT2D eigenvalue weighted by Gasteiger charge is 2.51. The van der Waals surface area contributed by atoms with Crippen LogP contribution in [0.15, 0.2) is 60.7 Å². The molecule has 2 aromatic rings. The van der Waals surface area contributed by atoms with Gasteiger partial charge in [-0.05, 0) is 50.0 Å². The molecule has 0 spiro atoms. The SMILES string of the molecule is CC1(C)O[C@H](CO[Si](c2ccccc2)(c2ccccc2)C(C)(C)C)C[C@H](CCOC(=O)C(C)(C)C)O1. The number of rotatable bonds is 8. The molecule has 6 heteroatoms. The third-order valence-electron chi connectivity index (χ3n) is 6.61. The number of esters is 1. The molecule has 0 N–H and O–H groups in total. The Bertz CT molecular complexity index is 936. The van der Waals surface area contributed by atoms with Gasteiger partial charge in [0, 0.05) is 12.8 Å². The van der Waals surface area contributed by atoms with Gasteiger partial charge >= 0.3 is 5.97 Å². The van der Waals surface area contributed by atoms with Gasteiger partial charge in [0.05, 0.1) is 30.8 Å². The monoisotopic (exact) mass is 512 g/mol. The van der Waals surface area contributed by atoms with Gasteiger partial charge in [0.25, 0.3) is 8.32 Å². The van der Waals surface area contributed by atoms with Gasteiger partial charge in [0.1, 0.15) is 0 Å². The van der Waals surface area contributed by atoms with Gasteiger partial charge in [-0.3, -0.25) is 4.79 Å². The Hall–Kier alpha value is -1.99. The molecule has 36 heavy (non-hydrogen) atoms. The lowest BCUT2D eigenvalue weighted by molar-refractivity contribution is -0.304. The fraction of sp³-hybridized carbons (Fsp3) is 0.567. The second kappa shape index (κ2) is 11.2. The van der Waals surface area contributed by atoms with Gasteiger partial charge in [-0.15, -0.1) is 0 Å². The Morgan fingerprint density at radius 1 is 0.889 bits per heavy atom. The molecule has 0 saturated carbocycles. The summed E-state index contributed by atoms with van der Waals surface area (Å²) < 4.78 is 25.1. The Morgan fingerprint density at radius 2 is 1.39 bits per heavy atom. The average molecular weight is 513 g/mol. The van der Waals surface area contributed by atoms with Crippen LogP contribution < -0.4 is 10.4 Å². The third kappa shape index (κ3) is 6.85. The standard InChI is InChI=1S/C30H44O5Si/c1-28(2,3)27(31)32-20-19-23-21-24(35-30(7,8)34-23)22-33-36(29(4,5)6,25-15-11-9-12-16-25)26-17-13-10-14-18-26/h9-18,23-24H,19-22H2,1-8H3/t23-,24-/m0/s1. The molecule has 0 aromatic heterocycles. The van der Waals surface area contributed by atoms with Crippen LogP contribution in [0.5, 0.6) is 0 Å². The van der Waals surface area contributed by atoms with Crippen LogP contribution in [0.4, 0.5) is 0 Å². The highest BCUT2D eigenvalue weighted by molar-refractivity contribution is 6.99. The van der Waals surface area contributed by atoms with Gasteiger partial charge in [-0.25, -0.2) is 0 Å². The number of hydrogen-bond acceptors (Lipinski definition) is 5. The first-order valence-corrected chi connectivity index (χ1v) is 14.9. The molecular formula is C30H44O5Si. The van der Waals surface area contributed by atoms with Gasteiger partial charge in [0.15, 0.2) is 5.79 Å². The minimum atomic E-state index is -2.65. The minimum Gasteiger partial charge on any atom is -0.465 e. The molecular weight excluding hydrogens is 468 g/mol. The van der Waals surface area contributed by atoms with E-state index in [4.69, 9.17) is 18.6 Å². The highest BCUT2D eigenvalue weighted by atomic mass is 28.4. The van der Waals surface area contributed by atoms with Crippen molar-refractivity contribution in [3.8, 4) is 0 Å². The van der Waals surface area contributed by atoms with E-state index in [1.54, 1.807) is 0 Å². The fourth-order valence-electron chi connectivity index (χ4n) is 4.98. The van der Waals surface area contributed by atoms with E-state index in [-0.39, 0.29) is 23.2 Å². The first-order chi connectivity index (χ1) is 16.7. The summed E-state index contributed by atoms with van der Waals surface area (Å²) in [5, 5.41) is 2.40. The van der Waals surface area contributed by atoms with Crippen molar-refractivity contribution in [2.24, 2.45) is 5.41 Å². The summed E-state index contributed by atoms with van der Waals surface area (Å²) in [6.45, 7) is 17.1.